The molecule has 0 atom stereocenters. The number of hydrogen-bond acceptors (Lipinski definition) is 3. The zero-order valence-electron chi connectivity index (χ0n) is 12.5. The van der Waals surface area contributed by atoms with E-state index in [2.05, 4.69) is 11.7 Å². The van der Waals surface area contributed by atoms with Crippen molar-refractivity contribution in [1.29, 1.82) is 0 Å². The Labute approximate surface area is 115 Å². The van der Waals surface area contributed by atoms with E-state index in [1.165, 1.54) is 0 Å². The Morgan fingerprint density at radius 1 is 1.53 bits per heavy atom. The van der Waals surface area contributed by atoms with E-state index in [1.807, 2.05) is 34.6 Å². The molecule has 0 aliphatic heterocycles. The van der Waals surface area contributed by atoms with Gasteiger partial charge in [-0.05, 0) is 34.6 Å². The van der Waals surface area contributed by atoms with Gasteiger partial charge in [0.15, 0.2) is 0 Å². The van der Waals surface area contributed by atoms with E-state index < -0.39 is 0 Å². The molecule has 2 N–H and O–H groups in total. The first-order chi connectivity index (χ1) is 8.73. The van der Waals surface area contributed by atoms with Gasteiger partial charge in [-0.3, -0.25) is 9.48 Å². The van der Waals surface area contributed by atoms with Gasteiger partial charge in [-0.1, -0.05) is 6.08 Å². The number of anilines is 1. The Bertz CT molecular complexity index is 482. The molecule has 0 aliphatic carbocycles. The number of nitrogens with zero attached hydrogens (tertiary/aromatic N) is 3. The van der Waals surface area contributed by atoms with Gasteiger partial charge in [0.1, 0.15) is 5.69 Å². The summed E-state index contributed by atoms with van der Waals surface area (Å²) in [7, 11) is 0. The Morgan fingerprint density at radius 3 is 2.53 bits per heavy atom. The molecule has 0 unspecified atom stereocenters. The third-order valence-electron chi connectivity index (χ3n) is 3.04. The first kappa shape index (κ1) is 15.3. The van der Waals surface area contributed by atoms with Crippen LogP contribution in [0.3, 0.4) is 0 Å². The highest BCUT2D eigenvalue weighted by molar-refractivity contribution is 5.98. The molecule has 19 heavy (non-hydrogen) atoms. The SMILES string of the molecule is C=CCN(C(=O)c1c(N)c(C)nn1CC)C(C)(C)C. The van der Waals surface area contributed by atoms with Crippen LogP contribution in [0.25, 0.3) is 0 Å². The third kappa shape index (κ3) is 2.97. The monoisotopic (exact) mass is 264 g/mol. The quantitative estimate of drug-likeness (QED) is 0.848. The molecule has 0 fully saturated rings. The van der Waals surface area contributed by atoms with Gasteiger partial charge in [0, 0.05) is 18.6 Å². The first-order valence-electron chi connectivity index (χ1n) is 6.49. The van der Waals surface area contributed by atoms with Crippen LogP contribution in [0.2, 0.25) is 0 Å². The molecule has 5 heteroatoms. The van der Waals surface area contributed by atoms with Crippen LogP contribution in [0.15, 0.2) is 12.7 Å². The fraction of sp³-hybridized carbons (Fsp3) is 0.571. The second-order valence-corrected chi connectivity index (χ2v) is 5.54. The van der Waals surface area contributed by atoms with E-state index in [-0.39, 0.29) is 11.4 Å². The summed E-state index contributed by atoms with van der Waals surface area (Å²) in [4.78, 5) is 14.5. The highest BCUT2D eigenvalue weighted by Gasteiger charge is 2.30. The van der Waals surface area contributed by atoms with Crippen LogP contribution in [-0.4, -0.2) is 32.7 Å². The van der Waals surface area contributed by atoms with Crippen molar-refractivity contribution in [2.45, 2.75) is 46.7 Å². The highest BCUT2D eigenvalue weighted by atomic mass is 16.2. The molecule has 0 bridgehead atoms. The molecule has 1 rings (SSSR count). The lowest BCUT2D eigenvalue weighted by Gasteiger charge is -2.35. The van der Waals surface area contributed by atoms with Crippen LogP contribution in [0, 0.1) is 6.92 Å². The van der Waals surface area contributed by atoms with Crippen molar-refractivity contribution >= 4 is 11.6 Å². The fourth-order valence-corrected chi connectivity index (χ4v) is 1.97. The minimum Gasteiger partial charge on any atom is -0.395 e. The molecule has 0 saturated heterocycles. The van der Waals surface area contributed by atoms with Gasteiger partial charge < -0.3 is 10.6 Å². The number of rotatable bonds is 4. The molecule has 0 saturated carbocycles. The van der Waals surface area contributed by atoms with Crippen LogP contribution >= 0.6 is 0 Å². The number of nitrogens with two attached hydrogens (primary N) is 1. The largest absolute Gasteiger partial charge is 0.395 e. The van der Waals surface area contributed by atoms with E-state index in [0.717, 1.165) is 0 Å². The summed E-state index contributed by atoms with van der Waals surface area (Å²) >= 11 is 0. The lowest BCUT2D eigenvalue weighted by atomic mass is 10.0. The van der Waals surface area contributed by atoms with E-state index in [0.29, 0.717) is 30.2 Å². The van der Waals surface area contributed by atoms with Crippen LogP contribution in [0.1, 0.15) is 43.9 Å². The van der Waals surface area contributed by atoms with Gasteiger partial charge in [0.05, 0.1) is 11.4 Å². The average Bonchev–Trinajstić information content (AvgIpc) is 2.60. The minimum absolute atomic E-state index is 0.104. The maximum Gasteiger partial charge on any atom is 0.274 e. The van der Waals surface area contributed by atoms with Crippen LogP contribution in [0.4, 0.5) is 5.69 Å². The van der Waals surface area contributed by atoms with Gasteiger partial charge in [-0.2, -0.15) is 5.10 Å². The third-order valence-corrected chi connectivity index (χ3v) is 3.04. The van der Waals surface area contributed by atoms with E-state index in [1.54, 1.807) is 15.7 Å². The number of aromatic nitrogens is 2. The first-order valence-corrected chi connectivity index (χ1v) is 6.49. The van der Waals surface area contributed by atoms with Crippen molar-refractivity contribution in [2.24, 2.45) is 0 Å². The van der Waals surface area contributed by atoms with Gasteiger partial charge in [-0.25, -0.2) is 0 Å². The number of aryl methyl sites for hydroxylation is 2. The maximum absolute atomic E-state index is 12.7. The summed E-state index contributed by atoms with van der Waals surface area (Å²) in [6.07, 6.45) is 1.72. The Balaban J connectivity index is 3.27. The molecule has 0 radical (unpaired) electrons. The Kier molecular flexibility index (Phi) is 4.39. The van der Waals surface area contributed by atoms with Crippen molar-refractivity contribution < 1.29 is 4.79 Å². The molecule has 5 nitrogen and oxygen atoms in total. The topological polar surface area (TPSA) is 64.2 Å². The Morgan fingerprint density at radius 2 is 2.11 bits per heavy atom. The van der Waals surface area contributed by atoms with Gasteiger partial charge >= 0.3 is 0 Å². The molecule has 0 aromatic carbocycles. The molecular weight excluding hydrogens is 240 g/mol. The van der Waals surface area contributed by atoms with Crippen molar-refractivity contribution in [3.05, 3.63) is 24.0 Å². The fourth-order valence-electron chi connectivity index (χ4n) is 1.97. The molecule has 1 aromatic heterocycles. The van der Waals surface area contributed by atoms with Gasteiger partial charge in [0.2, 0.25) is 0 Å². The van der Waals surface area contributed by atoms with Gasteiger partial charge in [0.25, 0.3) is 5.91 Å². The van der Waals surface area contributed by atoms with Crippen molar-refractivity contribution in [3.8, 4) is 0 Å². The normalized spacial score (nSPS) is 11.4. The standard InChI is InChI=1S/C14H24N4O/c1-7-9-17(14(4,5)6)13(19)12-11(15)10(3)16-18(12)8-2/h7H,1,8-9,15H2,2-6H3. The molecule has 1 amide bonds. The lowest BCUT2D eigenvalue weighted by Crippen LogP contribution is -2.46. The average molecular weight is 264 g/mol. The molecule has 0 spiro atoms. The second-order valence-electron chi connectivity index (χ2n) is 5.54. The second kappa shape index (κ2) is 5.47. The predicted octanol–water partition coefficient (Wildman–Crippen LogP) is 2.22. The van der Waals surface area contributed by atoms with E-state index in [9.17, 15) is 4.79 Å². The molecule has 0 aliphatic rings. The summed E-state index contributed by atoms with van der Waals surface area (Å²) in [5.74, 6) is -0.104. The highest BCUT2D eigenvalue weighted by Crippen LogP contribution is 2.23. The van der Waals surface area contributed by atoms with Crippen molar-refractivity contribution in [3.63, 3.8) is 0 Å². The lowest BCUT2D eigenvalue weighted by molar-refractivity contribution is 0.0605. The summed E-state index contributed by atoms with van der Waals surface area (Å²) in [6, 6.07) is 0. The van der Waals surface area contributed by atoms with Crippen molar-refractivity contribution in [2.75, 3.05) is 12.3 Å². The smallest absolute Gasteiger partial charge is 0.274 e. The van der Waals surface area contributed by atoms with Crippen LogP contribution < -0.4 is 5.73 Å². The number of hydrogen-bond donors (Lipinski definition) is 1. The van der Waals surface area contributed by atoms with Crippen LogP contribution in [-0.2, 0) is 6.54 Å². The number of carbonyl (C=O) groups excluding carboxylic acids is 1. The predicted molar refractivity (Wildman–Crippen MR) is 78.0 cm³/mol. The zero-order valence-corrected chi connectivity index (χ0v) is 12.5. The number of nitrogen functional groups attached to an aromatic ring is 1. The molecular formula is C14H24N4O. The summed E-state index contributed by atoms with van der Waals surface area (Å²) in [5.41, 5.74) is 7.33. The molecule has 106 valence electrons. The Hall–Kier alpha value is -1.78. The minimum atomic E-state index is -0.297. The number of carbonyl (C=O) groups is 1. The van der Waals surface area contributed by atoms with Crippen molar-refractivity contribution in [1.82, 2.24) is 14.7 Å². The van der Waals surface area contributed by atoms with Crippen LogP contribution in [0.5, 0.6) is 0 Å². The summed E-state index contributed by atoms with van der Waals surface area (Å²) < 4.78 is 1.66. The number of amides is 1. The summed E-state index contributed by atoms with van der Waals surface area (Å²) in [5, 5.41) is 4.29. The van der Waals surface area contributed by atoms with E-state index in [4.69, 9.17) is 5.73 Å². The molecule has 1 aromatic rings. The summed E-state index contributed by atoms with van der Waals surface area (Å²) in [6.45, 7) is 14.5. The zero-order chi connectivity index (χ0) is 14.8. The maximum atomic E-state index is 12.7. The van der Waals surface area contributed by atoms with Gasteiger partial charge in [-0.15, -0.1) is 6.58 Å². The molecule has 1 heterocycles. The van der Waals surface area contributed by atoms with E-state index >= 15 is 0 Å².